The first-order valence-corrected chi connectivity index (χ1v) is 17.3. The minimum absolute atomic E-state index is 0.170. The van der Waals surface area contributed by atoms with Crippen molar-refractivity contribution in [3.63, 3.8) is 0 Å². The maximum absolute atomic E-state index is 13.8. The lowest BCUT2D eigenvalue weighted by atomic mass is 9.42. The van der Waals surface area contributed by atoms with Crippen molar-refractivity contribution >= 4 is 11.9 Å². The Balaban J connectivity index is 1.51. The molecule has 1 aromatic rings. The van der Waals surface area contributed by atoms with Gasteiger partial charge in [-0.1, -0.05) is 25.1 Å². The van der Waals surface area contributed by atoms with Gasteiger partial charge in [0.05, 0.1) is 24.4 Å². The second-order valence-electron chi connectivity index (χ2n) is 14.8. The first-order valence-electron chi connectivity index (χ1n) is 17.3. The summed E-state index contributed by atoms with van der Waals surface area (Å²) in [6, 6.07) is 8.51. The molecular weight excluding hydrogens is 622 g/mol. The third-order valence-electron chi connectivity index (χ3n) is 13.5. The SMILES string of the molecule is CCO[C@@]12C3C(OC)C4C5(C(OC)C[C@@H](OC(C)=O)[C@@]4(COC)CN(CC)C35)[C@@H]3C[C@](O)(C(OC(=O)c4ccccc4)C31)[C@@H](OC)[C@@H]2O. The highest BCUT2D eigenvalue weighted by Crippen LogP contribution is 2.80. The van der Waals surface area contributed by atoms with Crippen LogP contribution in [0.15, 0.2) is 30.3 Å². The number of piperidine rings is 1. The monoisotopic (exact) mass is 673 g/mol. The van der Waals surface area contributed by atoms with Crippen molar-refractivity contribution in [1.29, 1.82) is 0 Å². The number of rotatable bonds is 11. The number of aliphatic hydroxyl groups excluding tert-OH is 1. The minimum atomic E-state index is -1.74. The molecule has 0 amide bonds. The molecule has 266 valence electrons. The zero-order chi connectivity index (χ0) is 34.4. The lowest BCUT2D eigenvalue weighted by Crippen LogP contribution is -2.81. The average Bonchev–Trinajstić information content (AvgIpc) is 3.44. The molecule has 5 saturated carbocycles. The van der Waals surface area contributed by atoms with Crippen LogP contribution in [0.25, 0.3) is 0 Å². The van der Waals surface area contributed by atoms with E-state index in [0.29, 0.717) is 31.7 Å². The van der Waals surface area contributed by atoms with Gasteiger partial charge in [0.1, 0.15) is 35.6 Å². The van der Waals surface area contributed by atoms with Crippen LogP contribution in [-0.4, -0.2) is 136 Å². The van der Waals surface area contributed by atoms with Crippen LogP contribution in [0.2, 0.25) is 0 Å². The average molecular weight is 674 g/mol. The fourth-order valence-corrected chi connectivity index (χ4v) is 12.7. The molecule has 1 aliphatic heterocycles. The molecule has 15 atom stereocenters. The molecular formula is C36H51NO11. The summed E-state index contributed by atoms with van der Waals surface area (Å²) in [5.41, 5.74) is -4.14. The molecule has 6 fully saturated rings. The maximum atomic E-state index is 13.8. The molecule has 7 bridgehead atoms. The third kappa shape index (κ3) is 4.00. The van der Waals surface area contributed by atoms with Crippen LogP contribution in [0.4, 0.5) is 0 Å². The molecule has 12 nitrogen and oxygen atoms in total. The van der Waals surface area contributed by atoms with E-state index in [2.05, 4.69) is 11.8 Å². The topological polar surface area (TPSA) is 142 Å². The van der Waals surface area contributed by atoms with Gasteiger partial charge in [-0.3, -0.25) is 9.69 Å². The molecule has 1 spiro atoms. The summed E-state index contributed by atoms with van der Waals surface area (Å²) in [5, 5.41) is 25.5. The van der Waals surface area contributed by atoms with Gasteiger partial charge in [-0.05, 0) is 37.9 Å². The summed E-state index contributed by atoms with van der Waals surface area (Å²) in [4.78, 5) is 28.9. The number of carbonyl (C=O) groups excluding carboxylic acids is 2. The van der Waals surface area contributed by atoms with E-state index in [1.165, 1.54) is 14.0 Å². The Labute approximate surface area is 282 Å². The van der Waals surface area contributed by atoms with Gasteiger partial charge in [0.2, 0.25) is 0 Å². The van der Waals surface area contributed by atoms with Crippen LogP contribution >= 0.6 is 0 Å². The molecule has 1 aromatic carbocycles. The smallest absolute Gasteiger partial charge is 0.338 e. The van der Waals surface area contributed by atoms with Gasteiger partial charge < -0.3 is 43.4 Å². The number of ether oxygens (including phenoxy) is 7. The van der Waals surface area contributed by atoms with Crippen molar-refractivity contribution in [2.24, 2.45) is 34.5 Å². The minimum Gasteiger partial charge on any atom is -0.462 e. The van der Waals surface area contributed by atoms with Crippen LogP contribution in [0.5, 0.6) is 0 Å². The molecule has 8 unspecified atom stereocenters. The zero-order valence-corrected chi connectivity index (χ0v) is 29.0. The molecule has 6 aliphatic rings. The molecule has 12 heteroatoms. The first-order chi connectivity index (χ1) is 23.0. The normalized spacial score (nSPS) is 48.3. The van der Waals surface area contributed by atoms with Gasteiger partial charge in [-0.25, -0.2) is 4.79 Å². The van der Waals surface area contributed by atoms with Gasteiger partial charge in [-0.15, -0.1) is 0 Å². The Kier molecular flexibility index (Phi) is 8.55. The third-order valence-corrected chi connectivity index (χ3v) is 13.5. The molecule has 7 rings (SSSR count). The van der Waals surface area contributed by atoms with E-state index in [4.69, 9.17) is 33.2 Å². The van der Waals surface area contributed by atoms with Crippen molar-refractivity contribution in [2.45, 2.75) is 87.5 Å². The maximum Gasteiger partial charge on any atom is 0.338 e. The fraction of sp³-hybridized carbons (Fsp3) is 0.778. The lowest BCUT2D eigenvalue weighted by Gasteiger charge is -2.70. The Hall–Kier alpha value is -2.16. The van der Waals surface area contributed by atoms with E-state index in [9.17, 15) is 19.8 Å². The number of hydrogen-bond acceptors (Lipinski definition) is 12. The van der Waals surface area contributed by atoms with Gasteiger partial charge >= 0.3 is 11.9 Å². The lowest BCUT2D eigenvalue weighted by molar-refractivity contribution is -0.330. The van der Waals surface area contributed by atoms with Crippen LogP contribution in [0, 0.1) is 34.5 Å². The first kappa shape index (κ1) is 34.3. The molecule has 5 aliphatic carbocycles. The van der Waals surface area contributed by atoms with Crippen LogP contribution < -0.4 is 0 Å². The highest BCUT2D eigenvalue weighted by molar-refractivity contribution is 5.89. The van der Waals surface area contributed by atoms with Crippen LogP contribution in [-0.2, 0) is 38.0 Å². The molecule has 0 aromatic heterocycles. The number of fused-ring (bicyclic) bond motifs is 2. The van der Waals surface area contributed by atoms with Crippen LogP contribution in [0.1, 0.15) is 44.0 Å². The van der Waals surface area contributed by atoms with Crippen LogP contribution in [0.3, 0.4) is 0 Å². The van der Waals surface area contributed by atoms with E-state index in [1.807, 2.05) is 13.0 Å². The van der Waals surface area contributed by atoms with Crippen molar-refractivity contribution < 1.29 is 53.0 Å². The Bertz CT molecular complexity index is 1400. The second-order valence-corrected chi connectivity index (χ2v) is 14.8. The quantitative estimate of drug-likeness (QED) is 0.330. The van der Waals surface area contributed by atoms with Gasteiger partial charge in [-0.2, -0.15) is 0 Å². The number of likely N-dealkylation sites (tertiary alicyclic amines) is 1. The van der Waals surface area contributed by atoms with Gasteiger partial charge in [0.25, 0.3) is 0 Å². The van der Waals surface area contributed by atoms with E-state index in [-0.39, 0.29) is 36.9 Å². The van der Waals surface area contributed by atoms with E-state index >= 15 is 0 Å². The predicted octanol–water partition coefficient (Wildman–Crippen LogP) is 1.69. The summed E-state index contributed by atoms with van der Waals surface area (Å²) in [6.45, 7) is 7.20. The number of carbonyl (C=O) groups is 2. The highest BCUT2D eigenvalue weighted by Gasteiger charge is 2.91. The number of aliphatic hydroxyl groups is 2. The van der Waals surface area contributed by atoms with Crippen molar-refractivity contribution in [2.75, 3.05) is 54.7 Å². The summed E-state index contributed by atoms with van der Waals surface area (Å²) in [7, 11) is 6.51. The largest absolute Gasteiger partial charge is 0.462 e. The number of nitrogens with zero attached hydrogens (tertiary/aromatic N) is 1. The zero-order valence-electron chi connectivity index (χ0n) is 29.0. The molecule has 2 N–H and O–H groups in total. The summed E-state index contributed by atoms with van der Waals surface area (Å²) in [6.07, 6.45) is -4.37. The number of esters is 2. The second kappa shape index (κ2) is 12.0. The molecule has 1 saturated heterocycles. The fourth-order valence-electron chi connectivity index (χ4n) is 12.7. The van der Waals surface area contributed by atoms with Crippen molar-refractivity contribution in [1.82, 2.24) is 4.90 Å². The highest BCUT2D eigenvalue weighted by atomic mass is 16.6. The summed E-state index contributed by atoms with van der Waals surface area (Å²) in [5.74, 6) is -2.72. The Morgan fingerprint density at radius 1 is 0.958 bits per heavy atom. The predicted molar refractivity (Wildman–Crippen MR) is 170 cm³/mol. The number of hydrogen-bond donors (Lipinski definition) is 2. The van der Waals surface area contributed by atoms with Gasteiger partial charge in [0, 0.05) is 89.6 Å². The number of methoxy groups -OCH3 is 4. The molecule has 1 heterocycles. The Morgan fingerprint density at radius 2 is 1.69 bits per heavy atom. The van der Waals surface area contributed by atoms with Gasteiger partial charge in [0.15, 0.2) is 0 Å². The molecule has 48 heavy (non-hydrogen) atoms. The van der Waals surface area contributed by atoms with E-state index < -0.39 is 76.5 Å². The standard InChI is InChI=1S/C36H51NO11/c1-8-37-17-33(18-42-4)22(47-19(3)38)15-23(43-5)35-21-16-34(41)30(48-32(40)20-13-11-10-12-14-20)24(21)36(46-9-2,29(39)31(34)45-7)25(28(35)37)26(44-6)27(33)35/h10-14,21-31,39,41H,8-9,15-18H2,1-7H3/t21-,22-,23?,24?,25?,26?,27?,28?,29+,30?,31+,33+,34+,35?,36-/m1/s1. The number of benzene rings is 1. The van der Waals surface area contributed by atoms with E-state index in [1.54, 1.807) is 45.6 Å². The summed E-state index contributed by atoms with van der Waals surface area (Å²) < 4.78 is 44.7. The van der Waals surface area contributed by atoms with Crippen molar-refractivity contribution in [3.8, 4) is 0 Å². The van der Waals surface area contributed by atoms with E-state index in [0.717, 1.165) is 0 Å². The molecule has 0 radical (unpaired) electrons. The van der Waals surface area contributed by atoms with Crippen molar-refractivity contribution in [3.05, 3.63) is 35.9 Å². The summed E-state index contributed by atoms with van der Waals surface area (Å²) >= 11 is 0. The Morgan fingerprint density at radius 3 is 2.27 bits per heavy atom.